The van der Waals surface area contributed by atoms with Gasteiger partial charge in [0.25, 0.3) is 0 Å². The number of hydrogen-bond acceptors (Lipinski definition) is 2. The summed E-state index contributed by atoms with van der Waals surface area (Å²) in [5.74, 6) is -0.485. The minimum Gasteiger partial charge on any atom is -0.392 e. The molecule has 0 unspecified atom stereocenters. The van der Waals surface area contributed by atoms with Gasteiger partial charge in [0.1, 0.15) is 11.6 Å². The van der Waals surface area contributed by atoms with E-state index < -0.39 is 5.82 Å². The Bertz CT molecular complexity index is 321. The lowest BCUT2D eigenvalue weighted by Gasteiger charge is -2.02. The van der Waals surface area contributed by atoms with E-state index in [0.717, 1.165) is 0 Å². The van der Waals surface area contributed by atoms with Gasteiger partial charge in [-0.25, -0.2) is 4.39 Å². The second kappa shape index (κ2) is 4.14. The maximum absolute atomic E-state index is 13.0. The fraction of sp³-hybridized carbons (Fsp3) is 0.300. The van der Waals surface area contributed by atoms with Gasteiger partial charge in [0, 0.05) is 6.42 Å². The molecule has 3 heteroatoms. The molecule has 1 aromatic carbocycles. The fourth-order valence-corrected chi connectivity index (χ4v) is 1.13. The molecule has 1 rings (SSSR count). The summed E-state index contributed by atoms with van der Waals surface area (Å²) in [4.78, 5) is 10.7. The number of aliphatic hydroxyl groups is 1. The van der Waals surface area contributed by atoms with Crippen LogP contribution in [0.3, 0.4) is 0 Å². The van der Waals surface area contributed by atoms with E-state index in [1.165, 1.54) is 25.1 Å². The normalized spacial score (nSPS) is 10.1. The smallest absolute Gasteiger partial charge is 0.134 e. The van der Waals surface area contributed by atoms with E-state index in [1.54, 1.807) is 0 Å². The van der Waals surface area contributed by atoms with Crippen molar-refractivity contribution in [1.29, 1.82) is 0 Å². The Labute approximate surface area is 76.0 Å². The van der Waals surface area contributed by atoms with Crippen LogP contribution in [0, 0.1) is 5.82 Å². The lowest BCUT2D eigenvalue weighted by Crippen LogP contribution is -2.00. The van der Waals surface area contributed by atoms with Crippen LogP contribution in [0.5, 0.6) is 0 Å². The van der Waals surface area contributed by atoms with Gasteiger partial charge in [0.05, 0.1) is 6.61 Å². The zero-order valence-corrected chi connectivity index (χ0v) is 7.38. The maximum atomic E-state index is 13.0. The molecular formula is C10H11FO2. The topological polar surface area (TPSA) is 37.3 Å². The molecule has 0 spiro atoms. The third-order valence-electron chi connectivity index (χ3n) is 1.73. The van der Waals surface area contributed by atoms with Gasteiger partial charge < -0.3 is 5.11 Å². The lowest BCUT2D eigenvalue weighted by molar-refractivity contribution is -0.116. The molecule has 0 heterocycles. The number of rotatable bonds is 3. The van der Waals surface area contributed by atoms with E-state index in [-0.39, 0.29) is 18.8 Å². The Morgan fingerprint density at radius 1 is 1.54 bits per heavy atom. The molecule has 0 aliphatic carbocycles. The maximum Gasteiger partial charge on any atom is 0.134 e. The van der Waals surface area contributed by atoms with Gasteiger partial charge in [-0.1, -0.05) is 12.1 Å². The number of carbonyl (C=O) groups excluding carboxylic acids is 1. The van der Waals surface area contributed by atoms with Crippen LogP contribution in [0.1, 0.15) is 18.1 Å². The number of aliphatic hydroxyl groups excluding tert-OH is 1. The summed E-state index contributed by atoms with van der Waals surface area (Å²) < 4.78 is 13.0. The second-order valence-corrected chi connectivity index (χ2v) is 2.96. The summed E-state index contributed by atoms with van der Waals surface area (Å²) in [6.07, 6.45) is 0.0830. The second-order valence-electron chi connectivity index (χ2n) is 2.96. The average Bonchev–Trinajstić information content (AvgIpc) is 2.08. The van der Waals surface area contributed by atoms with Crippen molar-refractivity contribution in [1.82, 2.24) is 0 Å². The standard InChI is InChI=1S/C10H11FO2/c1-7(13)4-9-5-8(6-12)2-3-10(9)11/h2-3,5,12H,4,6H2,1H3. The average molecular weight is 182 g/mol. The highest BCUT2D eigenvalue weighted by molar-refractivity contribution is 5.78. The first kappa shape index (κ1) is 9.86. The molecule has 0 aliphatic heterocycles. The molecule has 2 nitrogen and oxygen atoms in total. The molecule has 0 saturated heterocycles. The van der Waals surface area contributed by atoms with Crippen LogP contribution < -0.4 is 0 Å². The molecule has 1 aromatic rings. The van der Waals surface area contributed by atoms with Crippen molar-refractivity contribution in [3.63, 3.8) is 0 Å². The molecule has 0 amide bonds. The van der Waals surface area contributed by atoms with E-state index in [0.29, 0.717) is 11.1 Å². The molecule has 0 bridgehead atoms. The van der Waals surface area contributed by atoms with Gasteiger partial charge in [-0.05, 0) is 24.1 Å². The largest absolute Gasteiger partial charge is 0.392 e. The third kappa shape index (κ3) is 2.63. The molecule has 0 atom stereocenters. The van der Waals surface area contributed by atoms with Crippen molar-refractivity contribution in [2.75, 3.05) is 0 Å². The first-order valence-electron chi connectivity index (χ1n) is 4.01. The summed E-state index contributed by atoms with van der Waals surface area (Å²) >= 11 is 0. The van der Waals surface area contributed by atoms with Crippen LogP contribution in [0.2, 0.25) is 0 Å². The van der Waals surface area contributed by atoms with E-state index >= 15 is 0 Å². The molecule has 0 radical (unpaired) electrons. The molecule has 13 heavy (non-hydrogen) atoms. The van der Waals surface area contributed by atoms with Crippen molar-refractivity contribution in [2.45, 2.75) is 20.0 Å². The van der Waals surface area contributed by atoms with Crippen molar-refractivity contribution in [2.24, 2.45) is 0 Å². The molecule has 0 aliphatic rings. The van der Waals surface area contributed by atoms with Gasteiger partial charge in [-0.15, -0.1) is 0 Å². The number of benzene rings is 1. The van der Waals surface area contributed by atoms with E-state index in [1.807, 2.05) is 0 Å². The van der Waals surface area contributed by atoms with Crippen LogP contribution in [0.25, 0.3) is 0 Å². The fourth-order valence-electron chi connectivity index (χ4n) is 1.13. The number of Topliss-reactive ketones (excluding diaryl/α,β-unsaturated/α-hetero) is 1. The van der Waals surface area contributed by atoms with Gasteiger partial charge in [-0.2, -0.15) is 0 Å². The summed E-state index contributed by atoms with van der Waals surface area (Å²) in [6, 6.07) is 4.28. The van der Waals surface area contributed by atoms with Crippen LogP contribution in [-0.4, -0.2) is 10.9 Å². The Morgan fingerprint density at radius 2 is 2.23 bits per heavy atom. The van der Waals surface area contributed by atoms with Crippen molar-refractivity contribution >= 4 is 5.78 Å². The number of halogens is 1. The quantitative estimate of drug-likeness (QED) is 0.768. The Balaban J connectivity index is 2.96. The molecule has 0 fully saturated rings. The minimum absolute atomic E-state index is 0.0830. The highest BCUT2D eigenvalue weighted by Gasteiger charge is 2.05. The number of hydrogen-bond donors (Lipinski definition) is 1. The van der Waals surface area contributed by atoms with Crippen molar-refractivity contribution in [3.8, 4) is 0 Å². The zero-order valence-electron chi connectivity index (χ0n) is 7.38. The van der Waals surface area contributed by atoms with Crippen molar-refractivity contribution in [3.05, 3.63) is 35.1 Å². The predicted molar refractivity (Wildman–Crippen MR) is 46.7 cm³/mol. The van der Waals surface area contributed by atoms with Gasteiger partial charge in [-0.3, -0.25) is 4.79 Å². The Hall–Kier alpha value is -1.22. The third-order valence-corrected chi connectivity index (χ3v) is 1.73. The zero-order chi connectivity index (χ0) is 9.84. The first-order valence-corrected chi connectivity index (χ1v) is 4.01. The predicted octanol–water partition coefficient (Wildman–Crippen LogP) is 1.45. The van der Waals surface area contributed by atoms with Crippen LogP contribution >= 0.6 is 0 Å². The number of carbonyl (C=O) groups is 1. The van der Waals surface area contributed by atoms with Gasteiger partial charge in [0.15, 0.2) is 0 Å². The first-order chi connectivity index (χ1) is 6.13. The molecule has 0 aromatic heterocycles. The number of ketones is 1. The van der Waals surface area contributed by atoms with E-state index in [4.69, 9.17) is 5.11 Å². The van der Waals surface area contributed by atoms with Gasteiger partial charge >= 0.3 is 0 Å². The van der Waals surface area contributed by atoms with Crippen molar-refractivity contribution < 1.29 is 14.3 Å². The summed E-state index contributed by atoms with van der Waals surface area (Å²) in [5.41, 5.74) is 0.969. The monoisotopic (exact) mass is 182 g/mol. The molecule has 70 valence electrons. The SMILES string of the molecule is CC(=O)Cc1cc(CO)ccc1F. The van der Waals surface area contributed by atoms with E-state index in [9.17, 15) is 9.18 Å². The van der Waals surface area contributed by atoms with Gasteiger partial charge in [0.2, 0.25) is 0 Å². The summed E-state index contributed by atoms with van der Waals surface area (Å²) in [5, 5.41) is 8.78. The summed E-state index contributed by atoms with van der Waals surface area (Å²) in [7, 11) is 0. The van der Waals surface area contributed by atoms with E-state index in [2.05, 4.69) is 0 Å². The Kier molecular flexibility index (Phi) is 3.14. The Morgan fingerprint density at radius 3 is 2.77 bits per heavy atom. The molecule has 0 saturated carbocycles. The van der Waals surface area contributed by atoms with Crippen LogP contribution in [0.4, 0.5) is 4.39 Å². The minimum atomic E-state index is -0.396. The van der Waals surface area contributed by atoms with Crippen LogP contribution in [0.15, 0.2) is 18.2 Å². The summed E-state index contributed by atoms with van der Waals surface area (Å²) in [6.45, 7) is 1.27. The highest BCUT2D eigenvalue weighted by Crippen LogP contribution is 2.11. The molecule has 1 N–H and O–H groups in total. The molecular weight excluding hydrogens is 171 g/mol. The lowest BCUT2D eigenvalue weighted by atomic mass is 10.1. The van der Waals surface area contributed by atoms with Crippen LogP contribution in [-0.2, 0) is 17.8 Å². The highest BCUT2D eigenvalue weighted by atomic mass is 19.1.